The first-order chi connectivity index (χ1) is 20.7. The van der Waals surface area contributed by atoms with E-state index in [2.05, 4.69) is 15.7 Å². The van der Waals surface area contributed by atoms with Gasteiger partial charge < -0.3 is 20.3 Å². The fourth-order valence-corrected chi connectivity index (χ4v) is 5.11. The smallest absolute Gasteiger partial charge is 0.378 e. The van der Waals surface area contributed by atoms with Crippen LogP contribution in [-0.2, 0) is 22.3 Å². The molecular weight excluding hydrogens is 561 g/mol. The van der Waals surface area contributed by atoms with Gasteiger partial charge in [-0.3, -0.25) is 9.59 Å². The number of halogens is 3. The van der Waals surface area contributed by atoms with E-state index in [0.717, 1.165) is 11.6 Å². The van der Waals surface area contributed by atoms with Gasteiger partial charge >= 0.3 is 6.18 Å². The normalized spacial score (nSPS) is 15.3. The van der Waals surface area contributed by atoms with Crippen molar-refractivity contribution >= 4 is 40.4 Å². The molecular formula is C31H27F3N6O3. The highest BCUT2D eigenvalue weighted by Gasteiger charge is 2.36. The fourth-order valence-electron chi connectivity index (χ4n) is 5.11. The molecule has 1 aromatic heterocycles. The van der Waals surface area contributed by atoms with Crippen LogP contribution >= 0.6 is 0 Å². The number of nitrogens with one attached hydrogen (secondary N) is 2. The SMILES string of the molecule is O=C1CC(c2cccc(NC(=O)c3ccc(N4CCOCC4)c(C(F)(F)F)c3)c2)=Nc2cnn(Cc3ccccc3)c2N1. The number of nitrogens with zero attached hydrogens (tertiary/aromatic N) is 4. The highest BCUT2D eigenvalue weighted by atomic mass is 19.4. The second-order valence-electron chi connectivity index (χ2n) is 10.2. The van der Waals surface area contributed by atoms with Crippen LogP contribution in [-0.4, -0.2) is 53.6 Å². The molecule has 3 heterocycles. The van der Waals surface area contributed by atoms with Crippen molar-refractivity contribution < 1.29 is 27.5 Å². The summed E-state index contributed by atoms with van der Waals surface area (Å²) in [4.78, 5) is 32.2. The third-order valence-electron chi connectivity index (χ3n) is 7.21. The molecule has 0 aliphatic carbocycles. The standard InChI is InChI=1S/C31H27F3N6O3/c32-31(33,34)24-16-22(9-10-27(24)39-11-13-43-14-12-39)30(42)36-23-8-4-7-21(15-23)25-17-28(41)38-29-26(37-25)18-35-40(29)19-20-5-2-1-3-6-20/h1-10,15-16,18H,11-14,17,19H2,(H,36,42)(H,38,41). The fraction of sp³-hybridized carbons (Fsp3) is 0.226. The van der Waals surface area contributed by atoms with Crippen LogP contribution in [0, 0.1) is 0 Å². The monoisotopic (exact) mass is 588 g/mol. The van der Waals surface area contributed by atoms with Gasteiger partial charge in [0.05, 0.1) is 43.7 Å². The minimum Gasteiger partial charge on any atom is -0.378 e. The van der Waals surface area contributed by atoms with E-state index in [4.69, 9.17) is 9.73 Å². The molecule has 4 aromatic rings. The molecule has 1 saturated heterocycles. The van der Waals surface area contributed by atoms with Gasteiger partial charge in [-0.2, -0.15) is 18.3 Å². The van der Waals surface area contributed by atoms with Gasteiger partial charge in [-0.25, -0.2) is 9.67 Å². The third-order valence-corrected chi connectivity index (χ3v) is 7.21. The number of benzene rings is 3. The number of alkyl halides is 3. The van der Waals surface area contributed by atoms with E-state index in [-0.39, 0.29) is 23.6 Å². The van der Waals surface area contributed by atoms with Crippen molar-refractivity contribution in [1.82, 2.24) is 9.78 Å². The Morgan fingerprint density at radius 3 is 2.56 bits per heavy atom. The lowest BCUT2D eigenvalue weighted by atomic mass is 10.0. The summed E-state index contributed by atoms with van der Waals surface area (Å²) >= 11 is 0. The van der Waals surface area contributed by atoms with Gasteiger partial charge in [0.25, 0.3) is 5.91 Å². The van der Waals surface area contributed by atoms with Crippen LogP contribution in [0.4, 0.5) is 36.1 Å². The highest BCUT2D eigenvalue weighted by molar-refractivity contribution is 6.17. The van der Waals surface area contributed by atoms with Crippen LogP contribution in [0.2, 0.25) is 0 Å². The summed E-state index contributed by atoms with van der Waals surface area (Å²) in [5.41, 5.74) is 1.90. The average molecular weight is 589 g/mol. The molecule has 43 heavy (non-hydrogen) atoms. The van der Waals surface area contributed by atoms with Gasteiger partial charge in [0.1, 0.15) is 5.69 Å². The summed E-state index contributed by atoms with van der Waals surface area (Å²) in [6.45, 7) is 1.78. The van der Waals surface area contributed by atoms with Crippen LogP contribution in [0.25, 0.3) is 0 Å². The van der Waals surface area contributed by atoms with E-state index in [0.29, 0.717) is 61.3 Å². The minimum atomic E-state index is -4.64. The summed E-state index contributed by atoms with van der Waals surface area (Å²) in [7, 11) is 0. The van der Waals surface area contributed by atoms with Crippen molar-refractivity contribution in [2.75, 3.05) is 41.8 Å². The van der Waals surface area contributed by atoms with Crippen LogP contribution in [0.15, 0.2) is 84.0 Å². The first-order valence-electron chi connectivity index (χ1n) is 13.7. The number of hydrogen-bond acceptors (Lipinski definition) is 6. The maximum absolute atomic E-state index is 14.0. The molecule has 0 radical (unpaired) electrons. The predicted molar refractivity (Wildman–Crippen MR) is 156 cm³/mol. The Morgan fingerprint density at radius 1 is 1.00 bits per heavy atom. The summed E-state index contributed by atoms with van der Waals surface area (Å²) < 4.78 is 48.8. The van der Waals surface area contributed by atoms with E-state index in [1.54, 1.807) is 40.0 Å². The summed E-state index contributed by atoms with van der Waals surface area (Å²) in [6.07, 6.45) is -3.08. The largest absolute Gasteiger partial charge is 0.418 e. The zero-order valence-corrected chi connectivity index (χ0v) is 22.9. The molecule has 2 aliphatic rings. The molecule has 220 valence electrons. The summed E-state index contributed by atoms with van der Waals surface area (Å²) in [5, 5.41) is 9.96. The molecule has 9 nitrogen and oxygen atoms in total. The highest BCUT2D eigenvalue weighted by Crippen LogP contribution is 2.38. The number of morpholine rings is 1. The number of anilines is 3. The number of rotatable bonds is 6. The zero-order valence-electron chi connectivity index (χ0n) is 22.9. The van der Waals surface area contributed by atoms with Crippen molar-refractivity contribution in [3.63, 3.8) is 0 Å². The van der Waals surface area contributed by atoms with Crippen LogP contribution in [0.1, 0.15) is 33.5 Å². The van der Waals surface area contributed by atoms with E-state index < -0.39 is 17.6 Å². The Kier molecular flexibility index (Phi) is 7.68. The van der Waals surface area contributed by atoms with Gasteiger partial charge in [-0.1, -0.05) is 42.5 Å². The van der Waals surface area contributed by atoms with Crippen molar-refractivity contribution in [3.8, 4) is 0 Å². The van der Waals surface area contributed by atoms with E-state index in [9.17, 15) is 22.8 Å². The number of aliphatic imine (C=N–C) groups is 1. The lowest BCUT2D eigenvalue weighted by molar-refractivity contribution is -0.137. The molecule has 6 rings (SSSR count). The molecule has 2 N–H and O–H groups in total. The first-order valence-corrected chi connectivity index (χ1v) is 13.7. The predicted octanol–water partition coefficient (Wildman–Crippen LogP) is 5.50. The maximum Gasteiger partial charge on any atom is 0.418 e. The van der Waals surface area contributed by atoms with Crippen molar-refractivity contribution in [2.24, 2.45) is 4.99 Å². The van der Waals surface area contributed by atoms with Crippen LogP contribution in [0.5, 0.6) is 0 Å². The van der Waals surface area contributed by atoms with Crippen molar-refractivity contribution in [1.29, 1.82) is 0 Å². The molecule has 0 saturated carbocycles. The van der Waals surface area contributed by atoms with Crippen molar-refractivity contribution in [2.45, 2.75) is 19.1 Å². The third kappa shape index (κ3) is 6.28. The number of carbonyl (C=O) groups is 2. The molecule has 0 atom stereocenters. The number of hydrogen-bond donors (Lipinski definition) is 2. The van der Waals surface area contributed by atoms with E-state index in [1.165, 1.54) is 12.1 Å². The van der Waals surface area contributed by atoms with Gasteiger partial charge in [-0.05, 0) is 41.5 Å². The number of amides is 2. The summed E-state index contributed by atoms with van der Waals surface area (Å²) in [6, 6.07) is 20.0. The van der Waals surface area contributed by atoms with Gasteiger partial charge in [0, 0.05) is 30.0 Å². The molecule has 12 heteroatoms. The Balaban J connectivity index is 1.23. The molecule has 0 unspecified atom stereocenters. The zero-order chi connectivity index (χ0) is 30.0. The van der Waals surface area contributed by atoms with Crippen LogP contribution < -0.4 is 15.5 Å². The Morgan fingerprint density at radius 2 is 1.79 bits per heavy atom. The number of ether oxygens (including phenoxy) is 1. The first kappa shape index (κ1) is 28.2. The minimum absolute atomic E-state index is 0.0185. The van der Waals surface area contributed by atoms with Gasteiger partial charge in [0.2, 0.25) is 5.91 Å². The van der Waals surface area contributed by atoms with Gasteiger partial charge in [0.15, 0.2) is 5.82 Å². The molecule has 1 fully saturated rings. The number of carbonyl (C=O) groups excluding carboxylic acids is 2. The summed E-state index contributed by atoms with van der Waals surface area (Å²) in [5.74, 6) is -0.489. The quantitative estimate of drug-likeness (QED) is 0.310. The van der Waals surface area contributed by atoms with E-state index in [1.807, 2.05) is 30.3 Å². The molecule has 2 aliphatic heterocycles. The molecule has 0 spiro atoms. The molecule has 0 bridgehead atoms. The van der Waals surface area contributed by atoms with Gasteiger partial charge in [-0.15, -0.1) is 0 Å². The molecule has 2 amide bonds. The maximum atomic E-state index is 14.0. The second-order valence-corrected chi connectivity index (χ2v) is 10.2. The topological polar surface area (TPSA) is 101 Å². The van der Waals surface area contributed by atoms with Crippen molar-refractivity contribution in [3.05, 3.63) is 101 Å². The lowest BCUT2D eigenvalue weighted by Gasteiger charge is -2.31. The second kappa shape index (κ2) is 11.7. The van der Waals surface area contributed by atoms with Crippen LogP contribution in [0.3, 0.4) is 0 Å². The Bertz CT molecular complexity index is 1690. The Hall–Kier alpha value is -4.97. The Labute approximate surface area is 245 Å². The number of fused-ring (bicyclic) bond motifs is 1. The molecule has 3 aromatic carbocycles. The lowest BCUT2D eigenvalue weighted by Crippen LogP contribution is -2.37. The van der Waals surface area contributed by atoms with E-state index >= 15 is 0 Å². The average Bonchev–Trinajstić information content (AvgIpc) is 3.27. The number of aromatic nitrogens is 2.